The molecule has 0 unspecified atom stereocenters. The largest absolute Gasteiger partial charge is 0.457 e. The van der Waals surface area contributed by atoms with Crippen molar-refractivity contribution >= 4 is 17.7 Å². The number of hydrogen-bond donors (Lipinski definition) is 1. The van der Waals surface area contributed by atoms with Crippen LogP contribution in [0.3, 0.4) is 0 Å². The molecule has 0 saturated heterocycles. The SMILES string of the molecule is CN(C(=O)OCCN1Cc2cc(Oc3ccccc3)ccc2N=C1N)C1CCCCC1. The molecule has 2 aromatic rings. The molecule has 0 spiro atoms. The van der Waals surface area contributed by atoms with Crippen molar-refractivity contribution in [3.05, 3.63) is 54.1 Å². The van der Waals surface area contributed by atoms with Gasteiger partial charge >= 0.3 is 6.09 Å². The highest BCUT2D eigenvalue weighted by Crippen LogP contribution is 2.31. The summed E-state index contributed by atoms with van der Waals surface area (Å²) in [6.07, 6.45) is 5.46. The van der Waals surface area contributed by atoms with Gasteiger partial charge in [0.25, 0.3) is 0 Å². The summed E-state index contributed by atoms with van der Waals surface area (Å²) in [5.41, 5.74) is 8.00. The number of ether oxygens (including phenoxy) is 2. The number of amides is 1. The minimum atomic E-state index is -0.265. The topological polar surface area (TPSA) is 80.4 Å². The van der Waals surface area contributed by atoms with Gasteiger partial charge in [0.1, 0.15) is 18.1 Å². The van der Waals surface area contributed by atoms with Gasteiger partial charge in [-0.3, -0.25) is 0 Å². The van der Waals surface area contributed by atoms with E-state index in [1.807, 2.05) is 60.5 Å². The number of carbonyl (C=O) groups is 1. The molecule has 2 N–H and O–H groups in total. The van der Waals surface area contributed by atoms with Crippen LogP contribution >= 0.6 is 0 Å². The van der Waals surface area contributed by atoms with E-state index in [-0.39, 0.29) is 18.7 Å². The lowest BCUT2D eigenvalue weighted by Gasteiger charge is -2.31. The van der Waals surface area contributed by atoms with E-state index in [1.165, 1.54) is 19.3 Å². The minimum absolute atomic E-state index is 0.265. The van der Waals surface area contributed by atoms with Crippen LogP contribution in [0.25, 0.3) is 0 Å². The van der Waals surface area contributed by atoms with E-state index in [2.05, 4.69) is 4.99 Å². The molecule has 0 aromatic heterocycles. The van der Waals surface area contributed by atoms with Crippen molar-refractivity contribution in [3.63, 3.8) is 0 Å². The summed E-state index contributed by atoms with van der Waals surface area (Å²) in [6.45, 7) is 1.34. The second-order valence-corrected chi connectivity index (χ2v) is 8.11. The molecule has 31 heavy (non-hydrogen) atoms. The van der Waals surface area contributed by atoms with Gasteiger partial charge in [-0.1, -0.05) is 37.5 Å². The van der Waals surface area contributed by atoms with Crippen LogP contribution in [0.5, 0.6) is 11.5 Å². The van der Waals surface area contributed by atoms with Crippen LogP contribution in [-0.4, -0.2) is 48.1 Å². The fourth-order valence-corrected chi connectivity index (χ4v) is 4.12. The van der Waals surface area contributed by atoms with Gasteiger partial charge in [0.2, 0.25) is 0 Å². The second kappa shape index (κ2) is 9.73. The summed E-state index contributed by atoms with van der Waals surface area (Å²) in [4.78, 5) is 20.5. The third kappa shape index (κ3) is 5.29. The van der Waals surface area contributed by atoms with Gasteiger partial charge in [-0.15, -0.1) is 0 Å². The molecule has 0 atom stereocenters. The summed E-state index contributed by atoms with van der Waals surface area (Å²) >= 11 is 0. The van der Waals surface area contributed by atoms with Crippen molar-refractivity contribution in [1.82, 2.24) is 9.80 Å². The number of aliphatic imine (C=N–C) groups is 1. The van der Waals surface area contributed by atoms with Crippen LogP contribution in [0.1, 0.15) is 37.7 Å². The zero-order valence-electron chi connectivity index (χ0n) is 18.0. The van der Waals surface area contributed by atoms with Crippen LogP contribution < -0.4 is 10.5 Å². The van der Waals surface area contributed by atoms with Crippen LogP contribution in [0.4, 0.5) is 10.5 Å². The standard InChI is InChI=1S/C24H30N4O3/c1-27(19-8-4-2-5-9-19)24(29)30-15-14-28-17-18-16-21(12-13-22(18)26-23(28)25)31-20-10-6-3-7-11-20/h3,6-7,10-13,16,19H,2,4-5,8-9,14-15,17H2,1H3,(H2,25,26). The summed E-state index contributed by atoms with van der Waals surface area (Å²) in [7, 11) is 1.83. The van der Waals surface area contributed by atoms with Crippen molar-refractivity contribution < 1.29 is 14.3 Å². The lowest BCUT2D eigenvalue weighted by molar-refractivity contribution is 0.0842. The van der Waals surface area contributed by atoms with Crippen LogP contribution in [0.15, 0.2) is 53.5 Å². The van der Waals surface area contributed by atoms with Crippen molar-refractivity contribution in [2.24, 2.45) is 10.7 Å². The Hall–Kier alpha value is -3.22. The third-order valence-electron chi connectivity index (χ3n) is 5.95. The van der Waals surface area contributed by atoms with E-state index >= 15 is 0 Å². The quantitative estimate of drug-likeness (QED) is 0.733. The number of para-hydroxylation sites is 1. The fraction of sp³-hybridized carbons (Fsp3) is 0.417. The van der Waals surface area contributed by atoms with E-state index in [1.54, 1.807) is 4.90 Å². The molecule has 1 heterocycles. The van der Waals surface area contributed by atoms with Crippen molar-refractivity contribution in [2.45, 2.75) is 44.7 Å². The zero-order valence-corrected chi connectivity index (χ0v) is 18.0. The Kier molecular flexibility index (Phi) is 6.60. The number of rotatable bonds is 6. The predicted octanol–water partition coefficient (Wildman–Crippen LogP) is 4.64. The number of hydrogen-bond acceptors (Lipinski definition) is 6. The Labute approximate surface area is 183 Å². The Bertz CT molecular complexity index is 926. The summed E-state index contributed by atoms with van der Waals surface area (Å²) in [5.74, 6) is 1.97. The first kappa shape index (κ1) is 21.0. The van der Waals surface area contributed by atoms with Gasteiger partial charge in [0.05, 0.1) is 12.2 Å². The lowest BCUT2D eigenvalue weighted by Crippen LogP contribution is -2.42. The van der Waals surface area contributed by atoms with Crippen LogP contribution in [0, 0.1) is 0 Å². The summed E-state index contributed by atoms with van der Waals surface area (Å²) < 4.78 is 11.4. The van der Waals surface area contributed by atoms with Gasteiger partial charge in [0, 0.05) is 25.2 Å². The highest BCUT2D eigenvalue weighted by atomic mass is 16.6. The highest BCUT2D eigenvalue weighted by molar-refractivity contribution is 5.83. The van der Waals surface area contributed by atoms with Crippen molar-refractivity contribution in [2.75, 3.05) is 20.2 Å². The zero-order chi connectivity index (χ0) is 21.6. The van der Waals surface area contributed by atoms with Crippen LogP contribution in [-0.2, 0) is 11.3 Å². The average molecular weight is 423 g/mol. The molecule has 1 aliphatic heterocycles. The molecular formula is C24H30N4O3. The van der Waals surface area contributed by atoms with Gasteiger partial charge in [-0.25, -0.2) is 9.79 Å². The van der Waals surface area contributed by atoms with Crippen molar-refractivity contribution in [3.8, 4) is 11.5 Å². The molecule has 0 bridgehead atoms. The monoisotopic (exact) mass is 422 g/mol. The molecule has 7 heteroatoms. The molecular weight excluding hydrogens is 392 g/mol. The van der Waals surface area contributed by atoms with E-state index < -0.39 is 0 Å². The number of fused-ring (bicyclic) bond motifs is 1. The number of benzene rings is 2. The molecule has 7 nitrogen and oxygen atoms in total. The predicted molar refractivity (Wildman–Crippen MR) is 121 cm³/mol. The van der Waals surface area contributed by atoms with Crippen LogP contribution in [0.2, 0.25) is 0 Å². The van der Waals surface area contributed by atoms with Gasteiger partial charge in [-0.2, -0.15) is 0 Å². The number of nitrogens with zero attached hydrogens (tertiary/aromatic N) is 3. The minimum Gasteiger partial charge on any atom is -0.457 e. The molecule has 2 aromatic carbocycles. The number of nitrogens with two attached hydrogens (primary N) is 1. The molecule has 164 valence electrons. The third-order valence-corrected chi connectivity index (χ3v) is 5.95. The van der Waals surface area contributed by atoms with E-state index in [9.17, 15) is 4.79 Å². The normalized spacial score (nSPS) is 16.3. The second-order valence-electron chi connectivity index (χ2n) is 8.11. The maximum absolute atomic E-state index is 12.4. The van der Waals surface area contributed by atoms with E-state index in [0.717, 1.165) is 35.6 Å². The summed E-state index contributed by atoms with van der Waals surface area (Å²) in [6, 6.07) is 15.7. The maximum Gasteiger partial charge on any atom is 0.409 e. The lowest BCUT2D eigenvalue weighted by atomic mass is 9.95. The average Bonchev–Trinajstić information content (AvgIpc) is 2.80. The molecule has 4 rings (SSSR count). The first-order valence-corrected chi connectivity index (χ1v) is 10.9. The Morgan fingerprint density at radius 1 is 1.13 bits per heavy atom. The molecule has 1 saturated carbocycles. The van der Waals surface area contributed by atoms with E-state index in [4.69, 9.17) is 15.2 Å². The van der Waals surface area contributed by atoms with Gasteiger partial charge < -0.3 is 25.0 Å². The molecule has 1 amide bonds. The Morgan fingerprint density at radius 2 is 1.90 bits per heavy atom. The molecule has 2 aliphatic rings. The van der Waals surface area contributed by atoms with Gasteiger partial charge in [-0.05, 0) is 43.2 Å². The maximum atomic E-state index is 12.4. The number of carbonyl (C=O) groups excluding carboxylic acids is 1. The van der Waals surface area contributed by atoms with E-state index in [0.29, 0.717) is 19.0 Å². The summed E-state index contributed by atoms with van der Waals surface area (Å²) in [5, 5.41) is 0. The fourth-order valence-electron chi connectivity index (χ4n) is 4.12. The molecule has 0 radical (unpaired) electrons. The Balaban J connectivity index is 1.32. The Morgan fingerprint density at radius 3 is 2.68 bits per heavy atom. The number of guanidine groups is 1. The molecule has 1 fully saturated rings. The van der Waals surface area contributed by atoms with Gasteiger partial charge in [0.15, 0.2) is 5.96 Å². The first-order valence-electron chi connectivity index (χ1n) is 10.9. The first-order chi connectivity index (χ1) is 15.1. The highest BCUT2D eigenvalue weighted by Gasteiger charge is 2.24. The molecule has 1 aliphatic carbocycles. The smallest absolute Gasteiger partial charge is 0.409 e. The van der Waals surface area contributed by atoms with Crippen molar-refractivity contribution in [1.29, 1.82) is 0 Å².